The third-order valence-electron chi connectivity index (χ3n) is 10.4. The van der Waals surface area contributed by atoms with E-state index in [1.165, 1.54) is 24.0 Å². The number of carbonyl (C=O) groups is 1. The number of halogens is 1. The molecule has 2 aliphatic heterocycles. The van der Waals surface area contributed by atoms with Gasteiger partial charge in [-0.3, -0.25) is 9.69 Å². The Hall–Kier alpha value is -2.72. The van der Waals surface area contributed by atoms with Gasteiger partial charge in [0.15, 0.2) is 11.5 Å². The van der Waals surface area contributed by atoms with Gasteiger partial charge in [0.1, 0.15) is 6.10 Å². The van der Waals surface area contributed by atoms with Crippen molar-refractivity contribution in [3.63, 3.8) is 0 Å². The monoisotopic (exact) mass is 548 g/mol. The molecule has 39 heavy (non-hydrogen) atoms. The summed E-state index contributed by atoms with van der Waals surface area (Å²) in [6, 6.07) is 9.50. The molecule has 0 radical (unpaired) electrons. The number of hydrogen-bond donors (Lipinski definition) is 2. The Morgan fingerprint density at radius 2 is 1.95 bits per heavy atom. The minimum atomic E-state index is -0.956. The highest BCUT2D eigenvalue weighted by Crippen LogP contribution is 2.66. The molecule has 7 heteroatoms. The summed E-state index contributed by atoms with van der Waals surface area (Å²) >= 11 is 0. The molecule has 2 heterocycles. The smallest absolute Gasteiger partial charge is 0.298 e. The van der Waals surface area contributed by atoms with E-state index in [0.29, 0.717) is 18.6 Å². The zero-order chi connectivity index (χ0) is 26.4. The molecule has 206 valence electrons. The lowest BCUT2D eigenvalue weighted by molar-refractivity contribution is -0.199. The predicted octanol–water partition coefficient (Wildman–Crippen LogP) is 3.87. The molecule has 2 N–H and O–H groups in total. The Bertz CT molecular complexity index is 1410. The largest absolute Gasteiger partial charge is 0.504 e. The molecule has 0 unspecified atom stereocenters. The molecule has 2 aromatic rings. The van der Waals surface area contributed by atoms with Gasteiger partial charge in [0, 0.05) is 36.7 Å². The molecule has 1 spiro atoms. The van der Waals surface area contributed by atoms with Crippen molar-refractivity contribution < 1.29 is 19.7 Å². The number of aliphatic hydroxyl groups is 1. The molecule has 5 atom stereocenters. The van der Waals surface area contributed by atoms with E-state index in [-0.39, 0.29) is 36.1 Å². The van der Waals surface area contributed by atoms with Gasteiger partial charge in [-0.15, -0.1) is 12.4 Å². The number of amides is 1. The van der Waals surface area contributed by atoms with E-state index >= 15 is 0 Å². The second kappa shape index (κ2) is 9.16. The first kappa shape index (κ1) is 26.5. The van der Waals surface area contributed by atoms with E-state index in [1.807, 2.05) is 31.2 Å². The molecular formula is C32H37ClN2O4. The first-order valence-electron chi connectivity index (χ1n) is 14.1. The summed E-state index contributed by atoms with van der Waals surface area (Å²) in [6.07, 6.45) is 4.90. The molecule has 5 aliphatic rings. The highest BCUT2D eigenvalue weighted by atomic mass is 35.5. The van der Waals surface area contributed by atoms with Gasteiger partial charge >= 0.3 is 0 Å². The zero-order valence-corrected chi connectivity index (χ0v) is 23.7. The van der Waals surface area contributed by atoms with Gasteiger partial charge in [0.05, 0.1) is 17.1 Å². The van der Waals surface area contributed by atoms with Crippen molar-refractivity contribution in [3.05, 3.63) is 58.1 Å². The average Bonchev–Trinajstić information content (AvgIpc) is 3.64. The second-order valence-corrected chi connectivity index (χ2v) is 12.4. The molecule has 6 nitrogen and oxygen atoms in total. The summed E-state index contributed by atoms with van der Waals surface area (Å²) < 4.78 is 6.61. The fourth-order valence-electron chi connectivity index (χ4n) is 8.04. The topological polar surface area (TPSA) is 73.2 Å². The van der Waals surface area contributed by atoms with Gasteiger partial charge in [-0.05, 0) is 99.7 Å². The number of carbonyl (C=O) groups excluding carboxylic acids is 1. The second-order valence-electron chi connectivity index (χ2n) is 12.4. The fraction of sp³-hybridized carbons (Fsp3) is 0.531. The highest BCUT2D eigenvalue weighted by molar-refractivity contribution is 5.94. The molecule has 2 saturated carbocycles. The van der Waals surface area contributed by atoms with Crippen LogP contribution in [0.4, 0.5) is 0 Å². The van der Waals surface area contributed by atoms with Crippen LogP contribution in [0, 0.1) is 31.6 Å². The Kier molecular flexibility index (Phi) is 6.22. The van der Waals surface area contributed by atoms with E-state index in [2.05, 4.69) is 23.7 Å². The number of rotatable bonds is 3. The Labute approximate surface area is 236 Å². The summed E-state index contributed by atoms with van der Waals surface area (Å²) in [5.41, 5.74) is 3.72. The molecule has 3 fully saturated rings. The van der Waals surface area contributed by atoms with Crippen molar-refractivity contribution in [3.8, 4) is 23.3 Å². The average molecular weight is 549 g/mol. The number of piperidine rings is 1. The third-order valence-corrected chi connectivity index (χ3v) is 10.4. The first-order valence-corrected chi connectivity index (χ1v) is 14.1. The quantitative estimate of drug-likeness (QED) is 0.570. The predicted molar refractivity (Wildman–Crippen MR) is 151 cm³/mol. The lowest BCUT2D eigenvalue weighted by Gasteiger charge is -2.64. The number of phenolic OH excluding ortho intramolecular Hbond substituents is 1. The number of benzene rings is 2. The minimum Gasteiger partial charge on any atom is -0.504 e. The molecule has 0 aromatic heterocycles. The van der Waals surface area contributed by atoms with Crippen LogP contribution >= 0.6 is 12.4 Å². The van der Waals surface area contributed by atoms with Crippen LogP contribution in [0.25, 0.3) is 0 Å². The Balaban J connectivity index is 0.00000277. The molecule has 7 rings (SSSR count). The maximum absolute atomic E-state index is 13.4. The number of likely N-dealkylation sites (tertiary alicyclic amines) is 1. The number of phenols is 1. The van der Waals surface area contributed by atoms with Gasteiger partial charge < -0.3 is 19.8 Å². The van der Waals surface area contributed by atoms with E-state index in [0.717, 1.165) is 48.5 Å². The van der Waals surface area contributed by atoms with Gasteiger partial charge in [-0.2, -0.15) is 0 Å². The molecular weight excluding hydrogens is 512 g/mol. The lowest BCUT2D eigenvalue weighted by Crippen LogP contribution is -2.78. The van der Waals surface area contributed by atoms with E-state index in [4.69, 9.17) is 4.74 Å². The van der Waals surface area contributed by atoms with Crippen LogP contribution in [0.1, 0.15) is 59.9 Å². The molecule has 1 saturated heterocycles. The summed E-state index contributed by atoms with van der Waals surface area (Å²) in [6.45, 7) is 6.05. The zero-order valence-electron chi connectivity index (χ0n) is 22.9. The summed E-state index contributed by atoms with van der Waals surface area (Å²) in [5, 5.41) is 23.4. The number of likely N-dealkylation sites (N-methyl/N-ethyl adjacent to an activating group) is 1. The fourth-order valence-corrected chi connectivity index (χ4v) is 8.04. The van der Waals surface area contributed by atoms with Crippen LogP contribution in [-0.4, -0.2) is 69.8 Å². The number of ether oxygens (including phenoxy) is 1. The summed E-state index contributed by atoms with van der Waals surface area (Å²) in [5.74, 6) is 7.02. The van der Waals surface area contributed by atoms with Crippen molar-refractivity contribution in [1.29, 1.82) is 0 Å². The lowest BCUT2D eigenvalue weighted by atomic mass is 9.48. The Morgan fingerprint density at radius 1 is 1.15 bits per heavy atom. The number of hydrogen-bond acceptors (Lipinski definition) is 5. The van der Waals surface area contributed by atoms with Crippen molar-refractivity contribution in [2.24, 2.45) is 5.92 Å². The van der Waals surface area contributed by atoms with Gasteiger partial charge in [0.2, 0.25) is 0 Å². The SMILES string of the molecule is Cc1ccc(C#CC(=O)N(C)[C@@H]2CC[C@@]3(O)[C@H]4Cc5ccc(O)c6c5[C@@]3(CCN4CC3CC3)[C@H]2O6)cc1C.Cl. The first-order chi connectivity index (χ1) is 18.2. The van der Waals surface area contributed by atoms with E-state index < -0.39 is 17.1 Å². The van der Waals surface area contributed by atoms with Crippen molar-refractivity contribution in [2.75, 3.05) is 20.1 Å². The third kappa shape index (κ3) is 3.74. The number of nitrogens with zero attached hydrogens (tertiary/aromatic N) is 2. The van der Waals surface area contributed by atoms with Crippen LogP contribution in [0.2, 0.25) is 0 Å². The maximum Gasteiger partial charge on any atom is 0.298 e. The maximum atomic E-state index is 13.4. The van der Waals surface area contributed by atoms with Crippen LogP contribution in [-0.2, 0) is 16.6 Å². The number of aryl methyl sites for hydroxylation is 2. The summed E-state index contributed by atoms with van der Waals surface area (Å²) in [7, 11) is 1.80. The normalized spacial score (nSPS) is 31.7. The van der Waals surface area contributed by atoms with Gasteiger partial charge in [-0.25, -0.2) is 0 Å². The Morgan fingerprint density at radius 3 is 2.69 bits per heavy atom. The van der Waals surface area contributed by atoms with Crippen LogP contribution in [0.5, 0.6) is 11.5 Å². The van der Waals surface area contributed by atoms with Crippen LogP contribution < -0.4 is 4.74 Å². The van der Waals surface area contributed by atoms with E-state index in [1.54, 1.807) is 18.0 Å². The van der Waals surface area contributed by atoms with Crippen molar-refractivity contribution >= 4 is 18.3 Å². The van der Waals surface area contributed by atoms with Crippen LogP contribution in [0.3, 0.4) is 0 Å². The van der Waals surface area contributed by atoms with Gasteiger partial charge in [-0.1, -0.05) is 18.1 Å². The highest BCUT2D eigenvalue weighted by Gasteiger charge is 2.73. The molecule has 3 aliphatic carbocycles. The van der Waals surface area contributed by atoms with Crippen LogP contribution in [0.15, 0.2) is 30.3 Å². The minimum absolute atomic E-state index is 0. The van der Waals surface area contributed by atoms with Crippen molar-refractivity contribution in [1.82, 2.24) is 9.80 Å². The standard InChI is InChI=1S/C32H36N2O4.ClH/c1-19-4-5-21(16-20(19)2)8-11-27(36)33(3)24-12-13-32(37)26-17-23-9-10-25(35)29-28(23)31(32,30(24)38-29)14-15-34(26)18-22-6-7-22;/h4-5,9-10,16,22,24,26,30,35,37H,6-7,12-15,17-18H2,1-3H3;1H/t24-,26-,30+,31+,32-;/m1./s1. The molecule has 2 bridgehead atoms. The van der Waals surface area contributed by atoms with Crippen molar-refractivity contribution in [2.45, 2.75) is 81.6 Å². The van der Waals surface area contributed by atoms with Gasteiger partial charge in [0.25, 0.3) is 5.91 Å². The van der Waals surface area contributed by atoms with E-state index in [9.17, 15) is 15.0 Å². The molecule has 2 aromatic carbocycles. The molecule has 1 amide bonds. The number of aromatic hydroxyl groups is 1. The summed E-state index contributed by atoms with van der Waals surface area (Å²) in [4.78, 5) is 17.6.